The lowest BCUT2D eigenvalue weighted by Gasteiger charge is -2.22. The molecular formula is C20H27ClN3O3-. The van der Waals surface area contributed by atoms with E-state index in [9.17, 15) is 4.79 Å². The Labute approximate surface area is 167 Å². The zero-order chi connectivity index (χ0) is 19.1. The average molecular weight is 393 g/mol. The third kappa shape index (κ3) is 5.44. The number of rotatable bonds is 7. The van der Waals surface area contributed by atoms with Gasteiger partial charge in [-0.15, -0.1) is 0 Å². The van der Waals surface area contributed by atoms with Crippen molar-refractivity contribution in [2.45, 2.75) is 20.8 Å². The van der Waals surface area contributed by atoms with Gasteiger partial charge in [-0.1, -0.05) is 6.07 Å². The van der Waals surface area contributed by atoms with Gasteiger partial charge in [-0.2, -0.15) is 0 Å². The van der Waals surface area contributed by atoms with Crippen molar-refractivity contribution in [3.05, 3.63) is 42.0 Å². The van der Waals surface area contributed by atoms with Crippen molar-refractivity contribution in [2.24, 2.45) is 0 Å². The van der Waals surface area contributed by atoms with E-state index in [0.717, 1.165) is 30.0 Å². The predicted octanol–water partition coefficient (Wildman–Crippen LogP) is 1.51. The van der Waals surface area contributed by atoms with Crippen LogP contribution >= 0.6 is 0 Å². The van der Waals surface area contributed by atoms with E-state index in [4.69, 9.17) is 9.47 Å². The fourth-order valence-electron chi connectivity index (χ4n) is 2.82. The first kappa shape index (κ1) is 22.4. The van der Waals surface area contributed by atoms with Crippen molar-refractivity contribution >= 4 is 23.1 Å². The molecule has 0 spiro atoms. The monoisotopic (exact) mass is 392 g/mol. The zero-order valence-electron chi connectivity index (χ0n) is 16.4. The number of carbonyl (C=O) groups excluding carboxylic acids is 1. The summed E-state index contributed by atoms with van der Waals surface area (Å²) in [6.45, 7) is 8.11. The van der Waals surface area contributed by atoms with Crippen LogP contribution in [-0.2, 0) is 0 Å². The van der Waals surface area contributed by atoms with Gasteiger partial charge < -0.3 is 37.4 Å². The maximum Gasteiger partial charge on any atom is 0.323 e. The maximum atomic E-state index is 12.5. The fraction of sp³-hybridized carbons (Fsp3) is 0.350. The summed E-state index contributed by atoms with van der Waals surface area (Å²) in [5.74, 6) is 1.07. The average Bonchev–Trinajstić information content (AvgIpc) is 2.65. The molecule has 0 aliphatic heterocycles. The van der Waals surface area contributed by atoms with Crippen LogP contribution in [0.4, 0.5) is 21.9 Å². The molecule has 27 heavy (non-hydrogen) atoms. The Kier molecular flexibility index (Phi) is 8.75. The first-order valence-corrected chi connectivity index (χ1v) is 8.68. The van der Waals surface area contributed by atoms with Crippen molar-refractivity contribution in [1.82, 2.24) is 0 Å². The molecule has 2 aromatic carbocycles. The third-order valence-corrected chi connectivity index (χ3v) is 4.25. The number of methoxy groups -OCH3 is 2. The smallest absolute Gasteiger partial charge is 0.323 e. The van der Waals surface area contributed by atoms with Crippen LogP contribution in [0.1, 0.15) is 19.4 Å². The van der Waals surface area contributed by atoms with Crippen molar-refractivity contribution in [3.63, 3.8) is 0 Å². The van der Waals surface area contributed by atoms with E-state index in [1.807, 2.05) is 19.1 Å². The summed E-state index contributed by atoms with van der Waals surface area (Å²) in [6, 6.07) is 11.0. The largest absolute Gasteiger partial charge is 1.00 e. The molecule has 0 aliphatic carbocycles. The number of hydrogen-bond donors (Lipinski definition) is 2. The van der Waals surface area contributed by atoms with Crippen LogP contribution in [0.5, 0.6) is 11.5 Å². The van der Waals surface area contributed by atoms with Crippen molar-refractivity contribution < 1.29 is 26.7 Å². The highest BCUT2D eigenvalue weighted by Crippen LogP contribution is 2.34. The van der Waals surface area contributed by atoms with Crippen LogP contribution in [0.15, 0.2) is 36.4 Å². The standard InChI is InChI=1S/C20H27N3O3.ClH/c1-6-23(7-2)15-11-12-16(14(3)13-15)21-20(24)22-19-17(25-4)9-8-10-18(19)26-5;/h8-13H,6-7H2,1-5H3,(H2,21,22,24);1H/p-1. The van der Waals surface area contributed by atoms with Crippen LogP contribution in [0.25, 0.3) is 0 Å². The van der Waals surface area contributed by atoms with Gasteiger partial charge in [-0.25, -0.2) is 4.79 Å². The highest BCUT2D eigenvalue weighted by molar-refractivity contribution is 6.02. The molecule has 2 rings (SSSR count). The molecule has 0 radical (unpaired) electrons. The first-order chi connectivity index (χ1) is 12.5. The molecular weight excluding hydrogens is 366 g/mol. The van der Waals surface area contributed by atoms with E-state index in [0.29, 0.717) is 17.2 Å². The molecule has 6 nitrogen and oxygen atoms in total. The normalized spacial score (nSPS) is 9.81. The van der Waals surface area contributed by atoms with Crippen molar-refractivity contribution in [2.75, 3.05) is 42.8 Å². The summed E-state index contributed by atoms with van der Waals surface area (Å²) in [6.07, 6.45) is 0. The second-order valence-electron chi connectivity index (χ2n) is 5.79. The number of halogens is 1. The van der Waals surface area contributed by atoms with Gasteiger partial charge in [-0.3, -0.25) is 0 Å². The number of nitrogens with zero attached hydrogens (tertiary/aromatic N) is 1. The van der Waals surface area contributed by atoms with Crippen LogP contribution in [0, 0.1) is 6.92 Å². The number of ether oxygens (including phenoxy) is 2. The number of anilines is 3. The van der Waals surface area contributed by atoms with Gasteiger partial charge >= 0.3 is 6.03 Å². The predicted molar refractivity (Wildman–Crippen MR) is 107 cm³/mol. The van der Waals surface area contributed by atoms with Gasteiger partial charge in [0, 0.05) is 24.5 Å². The Morgan fingerprint density at radius 1 is 1.00 bits per heavy atom. The molecule has 0 bridgehead atoms. The molecule has 0 saturated heterocycles. The molecule has 2 amide bonds. The number of urea groups is 1. The molecule has 0 atom stereocenters. The van der Waals surface area contributed by atoms with Crippen molar-refractivity contribution in [1.29, 1.82) is 0 Å². The summed E-state index contributed by atoms with van der Waals surface area (Å²) in [5, 5.41) is 5.69. The van der Waals surface area contributed by atoms with Gasteiger partial charge in [0.1, 0.15) is 17.2 Å². The highest BCUT2D eigenvalue weighted by Gasteiger charge is 2.14. The summed E-state index contributed by atoms with van der Waals surface area (Å²) in [5.41, 5.74) is 3.39. The molecule has 0 saturated carbocycles. The third-order valence-electron chi connectivity index (χ3n) is 4.25. The van der Waals surface area contributed by atoms with Gasteiger partial charge in [0.25, 0.3) is 0 Å². The lowest BCUT2D eigenvalue weighted by Crippen LogP contribution is -3.00. The number of amides is 2. The molecule has 148 valence electrons. The first-order valence-electron chi connectivity index (χ1n) is 8.68. The zero-order valence-corrected chi connectivity index (χ0v) is 17.2. The molecule has 0 unspecified atom stereocenters. The van der Waals surface area contributed by atoms with Crippen LogP contribution in [-0.4, -0.2) is 33.3 Å². The Balaban J connectivity index is 0.00000364. The molecule has 2 N–H and O–H groups in total. The number of aryl methyl sites for hydroxylation is 1. The number of para-hydroxylation sites is 1. The fourth-order valence-corrected chi connectivity index (χ4v) is 2.82. The van der Waals surface area contributed by atoms with E-state index in [2.05, 4.69) is 35.4 Å². The van der Waals surface area contributed by atoms with E-state index < -0.39 is 0 Å². The van der Waals surface area contributed by atoms with E-state index >= 15 is 0 Å². The number of hydrogen-bond acceptors (Lipinski definition) is 4. The number of benzene rings is 2. The Bertz CT molecular complexity index is 742. The number of carbonyl (C=O) groups is 1. The Morgan fingerprint density at radius 2 is 1.59 bits per heavy atom. The van der Waals surface area contributed by atoms with Gasteiger partial charge in [0.05, 0.1) is 14.2 Å². The summed E-state index contributed by atoms with van der Waals surface area (Å²) in [7, 11) is 3.10. The topological polar surface area (TPSA) is 62.8 Å². The van der Waals surface area contributed by atoms with E-state index in [-0.39, 0.29) is 18.4 Å². The SMILES string of the molecule is CCN(CC)c1ccc(NC(=O)Nc2c(OC)cccc2OC)c(C)c1.[Cl-]. The summed E-state index contributed by atoms with van der Waals surface area (Å²) in [4.78, 5) is 14.7. The van der Waals surface area contributed by atoms with Crippen molar-refractivity contribution in [3.8, 4) is 11.5 Å². The van der Waals surface area contributed by atoms with Gasteiger partial charge in [-0.05, 0) is 56.7 Å². The lowest BCUT2D eigenvalue weighted by atomic mass is 10.1. The van der Waals surface area contributed by atoms with E-state index in [1.54, 1.807) is 32.4 Å². The van der Waals surface area contributed by atoms with Crippen LogP contribution in [0.2, 0.25) is 0 Å². The Morgan fingerprint density at radius 3 is 2.07 bits per heavy atom. The van der Waals surface area contributed by atoms with Gasteiger partial charge in [0.2, 0.25) is 0 Å². The molecule has 0 aromatic heterocycles. The molecule has 2 aromatic rings. The lowest BCUT2D eigenvalue weighted by molar-refractivity contribution is -0.00000887. The minimum absolute atomic E-state index is 0. The van der Waals surface area contributed by atoms with Gasteiger partial charge in [0.15, 0.2) is 0 Å². The highest BCUT2D eigenvalue weighted by atomic mass is 35.5. The Hall–Kier alpha value is -2.60. The van der Waals surface area contributed by atoms with Crippen LogP contribution in [0.3, 0.4) is 0 Å². The molecule has 0 fully saturated rings. The number of nitrogens with one attached hydrogen (secondary N) is 2. The quantitative estimate of drug-likeness (QED) is 0.749. The van der Waals surface area contributed by atoms with Crippen LogP contribution < -0.4 is 37.4 Å². The molecule has 7 heteroatoms. The molecule has 0 aliphatic rings. The second-order valence-corrected chi connectivity index (χ2v) is 5.79. The maximum absolute atomic E-state index is 12.5. The minimum atomic E-state index is -0.355. The minimum Gasteiger partial charge on any atom is -1.00 e. The van der Waals surface area contributed by atoms with E-state index in [1.165, 1.54) is 0 Å². The summed E-state index contributed by atoms with van der Waals surface area (Å²) >= 11 is 0. The molecule has 0 heterocycles. The second kappa shape index (κ2) is 10.5. The summed E-state index contributed by atoms with van der Waals surface area (Å²) < 4.78 is 10.6.